The number of ether oxygens (including phenoxy) is 1. The lowest BCUT2D eigenvalue weighted by Crippen LogP contribution is -2.52. The van der Waals surface area contributed by atoms with Crippen molar-refractivity contribution >= 4 is 11.6 Å². The summed E-state index contributed by atoms with van der Waals surface area (Å²) in [6.45, 7) is 8.92. The van der Waals surface area contributed by atoms with Crippen molar-refractivity contribution in [2.75, 3.05) is 45.7 Å². The Morgan fingerprint density at radius 2 is 2.17 bits per heavy atom. The third kappa shape index (κ3) is 4.31. The highest BCUT2D eigenvalue weighted by atomic mass is 16.5. The molecule has 23 heavy (non-hydrogen) atoms. The zero-order valence-corrected chi connectivity index (χ0v) is 15.1. The fourth-order valence-electron chi connectivity index (χ4n) is 2.96. The van der Waals surface area contributed by atoms with Crippen molar-refractivity contribution in [2.24, 2.45) is 7.05 Å². The zero-order chi connectivity index (χ0) is 17.1. The number of nitrogens with one attached hydrogen (secondary N) is 1. The van der Waals surface area contributed by atoms with E-state index in [0.717, 1.165) is 36.7 Å². The van der Waals surface area contributed by atoms with Crippen molar-refractivity contribution in [1.29, 1.82) is 0 Å². The SMILES string of the molecule is Cc1nn(C)c(C)c1NC(=O)C(C)N1CCOC(CN(C)C)C1. The van der Waals surface area contributed by atoms with Crippen molar-refractivity contribution in [3.05, 3.63) is 11.4 Å². The van der Waals surface area contributed by atoms with Crippen LogP contribution in [0.1, 0.15) is 18.3 Å². The molecule has 1 aliphatic rings. The summed E-state index contributed by atoms with van der Waals surface area (Å²) in [5.74, 6) is 0.00898. The lowest BCUT2D eigenvalue weighted by atomic mass is 10.2. The highest BCUT2D eigenvalue weighted by Crippen LogP contribution is 2.19. The minimum atomic E-state index is -0.192. The first-order valence-corrected chi connectivity index (χ1v) is 8.11. The molecule has 1 aromatic rings. The van der Waals surface area contributed by atoms with Crippen LogP contribution in [0.5, 0.6) is 0 Å². The first-order valence-electron chi connectivity index (χ1n) is 8.11. The molecule has 0 radical (unpaired) electrons. The van der Waals surface area contributed by atoms with Gasteiger partial charge in [0.25, 0.3) is 0 Å². The average Bonchev–Trinajstić information content (AvgIpc) is 2.72. The van der Waals surface area contributed by atoms with Crippen LogP contribution in [0.15, 0.2) is 0 Å². The molecule has 1 N–H and O–H groups in total. The summed E-state index contributed by atoms with van der Waals surface area (Å²) in [4.78, 5) is 16.9. The number of hydrogen-bond donors (Lipinski definition) is 1. The summed E-state index contributed by atoms with van der Waals surface area (Å²) >= 11 is 0. The number of carbonyl (C=O) groups is 1. The number of aromatic nitrogens is 2. The molecule has 1 amide bonds. The van der Waals surface area contributed by atoms with E-state index in [2.05, 4.69) is 20.2 Å². The van der Waals surface area contributed by atoms with Crippen LogP contribution in [-0.4, -0.2) is 78.0 Å². The van der Waals surface area contributed by atoms with Gasteiger partial charge in [0.05, 0.1) is 35.8 Å². The number of carbonyl (C=O) groups excluding carboxylic acids is 1. The van der Waals surface area contributed by atoms with Gasteiger partial charge in [-0.2, -0.15) is 5.10 Å². The summed E-state index contributed by atoms with van der Waals surface area (Å²) < 4.78 is 7.57. The van der Waals surface area contributed by atoms with Gasteiger partial charge in [0.2, 0.25) is 5.91 Å². The Labute approximate surface area is 138 Å². The molecule has 1 fully saturated rings. The molecule has 2 heterocycles. The van der Waals surface area contributed by atoms with Crippen molar-refractivity contribution in [3.63, 3.8) is 0 Å². The molecule has 1 saturated heterocycles. The van der Waals surface area contributed by atoms with E-state index in [1.54, 1.807) is 4.68 Å². The first-order chi connectivity index (χ1) is 10.8. The van der Waals surface area contributed by atoms with Crippen LogP contribution in [0.2, 0.25) is 0 Å². The summed E-state index contributed by atoms with van der Waals surface area (Å²) in [6.07, 6.45) is 0.149. The largest absolute Gasteiger partial charge is 0.374 e. The number of anilines is 1. The zero-order valence-electron chi connectivity index (χ0n) is 15.1. The number of likely N-dealkylation sites (N-methyl/N-ethyl adjacent to an activating group) is 1. The van der Waals surface area contributed by atoms with Gasteiger partial charge >= 0.3 is 0 Å². The molecule has 1 aliphatic heterocycles. The normalized spacial score (nSPS) is 20.7. The van der Waals surface area contributed by atoms with Gasteiger partial charge in [0.15, 0.2) is 0 Å². The quantitative estimate of drug-likeness (QED) is 0.861. The maximum Gasteiger partial charge on any atom is 0.241 e. The lowest BCUT2D eigenvalue weighted by molar-refractivity contribution is -0.124. The van der Waals surface area contributed by atoms with E-state index in [0.29, 0.717) is 6.61 Å². The second kappa shape index (κ2) is 7.42. The smallest absolute Gasteiger partial charge is 0.241 e. The number of amides is 1. The van der Waals surface area contributed by atoms with Crippen LogP contribution in [0, 0.1) is 13.8 Å². The minimum Gasteiger partial charge on any atom is -0.374 e. The average molecular weight is 323 g/mol. The molecule has 2 atom stereocenters. The van der Waals surface area contributed by atoms with E-state index in [1.165, 1.54) is 0 Å². The molecule has 0 aliphatic carbocycles. The monoisotopic (exact) mass is 323 g/mol. The minimum absolute atomic E-state index is 0.00898. The molecule has 0 aromatic carbocycles. The summed E-state index contributed by atoms with van der Waals surface area (Å²) in [5.41, 5.74) is 2.64. The van der Waals surface area contributed by atoms with Gasteiger partial charge in [-0.3, -0.25) is 14.4 Å². The van der Waals surface area contributed by atoms with E-state index < -0.39 is 0 Å². The Morgan fingerprint density at radius 1 is 1.48 bits per heavy atom. The Hall–Kier alpha value is -1.44. The van der Waals surface area contributed by atoms with Gasteiger partial charge in [-0.15, -0.1) is 0 Å². The van der Waals surface area contributed by atoms with Crippen molar-refractivity contribution in [3.8, 4) is 0 Å². The molecule has 7 nitrogen and oxygen atoms in total. The third-order valence-electron chi connectivity index (χ3n) is 4.42. The van der Waals surface area contributed by atoms with E-state index in [4.69, 9.17) is 4.74 Å². The molecule has 0 saturated carbocycles. The van der Waals surface area contributed by atoms with Crippen LogP contribution >= 0.6 is 0 Å². The van der Waals surface area contributed by atoms with Crippen LogP contribution in [0.4, 0.5) is 5.69 Å². The third-order valence-corrected chi connectivity index (χ3v) is 4.42. The number of nitrogens with zero attached hydrogens (tertiary/aromatic N) is 4. The molecular weight excluding hydrogens is 294 g/mol. The number of aryl methyl sites for hydroxylation is 2. The Bertz CT molecular complexity index is 555. The van der Waals surface area contributed by atoms with Crippen molar-refractivity contribution < 1.29 is 9.53 Å². The van der Waals surface area contributed by atoms with E-state index in [1.807, 2.05) is 41.9 Å². The maximum atomic E-state index is 12.6. The Kier molecular flexibility index (Phi) is 5.78. The number of rotatable bonds is 5. The van der Waals surface area contributed by atoms with Gasteiger partial charge in [-0.05, 0) is 34.9 Å². The van der Waals surface area contributed by atoms with E-state index >= 15 is 0 Å². The van der Waals surface area contributed by atoms with Gasteiger partial charge in [-0.25, -0.2) is 0 Å². The first kappa shape index (κ1) is 17.9. The van der Waals surface area contributed by atoms with Crippen molar-refractivity contribution in [1.82, 2.24) is 19.6 Å². The predicted octanol–water partition coefficient (Wildman–Crippen LogP) is 0.626. The van der Waals surface area contributed by atoms with Gasteiger partial charge in [-0.1, -0.05) is 0 Å². The lowest BCUT2D eigenvalue weighted by Gasteiger charge is -2.37. The standard InChI is InChI=1S/C16H29N5O2/c1-11-15(12(2)20(6)18-11)17-16(22)13(3)21-7-8-23-14(10-21)9-19(4)5/h13-14H,7-10H2,1-6H3,(H,17,22). The van der Waals surface area contributed by atoms with Gasteiger partial charge in [0.1, 0.15) is 0 Å². The fraction of sp³-hybridized carbons (Fsp3) is 0.750. The van der Waals surface area contributed by atoms with Gasteiger partial charge < -0.3 is 15.0 Å². The van der Waals surface area contributed by atoms with Crippen LogP contribution in [0.3, 0.4) is 0 Å². The summed E-state index contributed by atoms with van der Waals surface area (Å²) in [7, 11) is 5.95. The molecule has 0 spiro atoms. The van der Waals surface area contributed by atoms with Crippen LogP contribution in [0.25, 0.3) is 0 Å². The van der Waals surface area contributed by atoms with Crippen LogP contribution < -0.4 is 5.32 Å². The Morgan fingerprint density at radius 3 is 2.74 bits per heavy atom. The predicted molar refractivity (Wildman–Crippen MR) is 90.6 cm³/mol. The topological polar surface area (TPSA) is 62.6 Å². The molecule has 7 heteroatoms. The van der Waals surface area contributed by atoms with E-state index in [9.17, 15) is 4.79 Å². The number of morpholine rings is 1. The van der Waals surface area contributed by atoms with Gasteiger partial charge in [0, 0.05) is 26.7 Å². The fourth-order valence-corrected chi connectivity index (χ4v) is 2.96. The highest BCUT2D eigenvalue weighted by Gasteiger charge is 2.28. The van der Waals surface area contributed by atoms with Crippen molar-refractivity contribution in [2.45, 2.75) is 32.9 Å². The highest BCUT2D eigenvalue weighted by molar-refractivity contribution is 5.95. The Balaban J connectivity index is 1.99. The summed E-state index contributed by atoms with van der Waals surface area (Å²) in [6, 6.07) is -0.192. The molecule has 2 unspecified atom stereocenters. The number of hydrogen-bond acceptors (Lipinski definition) is 5. The molecule has 1 aromatic heterocycles. The molecule has 130 valence electrons. The second-order valence-corrected chi connectivity index (χ2v) is 6.58. The maximum absolute atomic E-state index is 12.6. The molecule has 2 rings (SSSR count). The molecule has 0 bridgehead atoms. The molecular formula is C16H29N5O2. The summed E-state index contributed by atoms with van der Waals surface area (Å²) in [5, 5.41) is 7.38. The van der Waals surface area contributed by atoms with Crippen LogP contribution in [-0.2, 0) is 16.6 Å². The van der Waals surface area contributed by atoms with E-state index in [-0.39, 0.29) is 18.1 Å². The second-order valence-electron chi connectivity index (χ2n) is 6.58.